The summed E-state index contributed by atoms with van der Waals surface area (Å²) in [6.07, 6.45) is 1.01. The lowest BCUT2D eigenvalue weighted by atomic mass is 10.1. The van der Waals surface area contributed by atoms with E-state index in [9.17, 15) is 18.0 Å². The molecule has 3 rings (SSSR count). The van der Waals surface area contributed by atoms with Crippen LogP contribution in [0.15, 0.2) is 77.8 Å². The van der Waals surface area contributed by atoms with Gasteiger partial charge in [-0.1, -0.05) is 48.5 Å². The van der Waals surface area contributed by atoms with Crippen molar-refractivity contribution in [1.82, 2.24) is 9.71 Å². The molecule has 7 nitrogen and oxygen atoms in total. The van der Waals surface area contributed by atoms with Gasteiger partial charge in [-0.15, -0.1) is 0 Å². The summed E-state index contributed by atoms with van der Waals surface area (Å²) in [5, 5.41) is 8.83. The Morgan fingerprint density at radius 1 is 0.889 bits per heavy atom. The molecule has 8 heteroatoms. The topological polar surface area (TPSA) is 113 Å². The van der Waals surface area contributed by atoms with E-state index < -0.39 is 21.9 Å². The van der Waals surface area contributed by atoms with Crippen LogP contribution in [0.3, 0.4) is 0 Å². The monoisotopic (exact) mass is 382 g/mol. The number of nitrogens with zero attached hydrogens (tertiary/aromatic N) is 1. The third kappa shape index (κ3) is 4.01. The number of hydrogen-bond acceptors (Lipinski definition) is 5. The van der Waals surface area contributed by atoms with Gasteiger partial charge in [0.2, 0.25) is 0 Å². The molecule has 136 valence electrons. The van der Waals surface area contributed by atoms with Gasteiger partial charge in [0.05, 0.1) is 10.5 Å². The number of carbonyl (C=O) groups excluding carboxylic acids is 1. The molecule has 0 saturated carbocycles. The highest BCUT2D eigenvalue weighted by Gasteiger charge is 2.22. The number of hydrogen-bond donors (Lipinski definition) is 2. The molecule has 0 aliphatic rings. The zero-order valence-electron chi connectivity index (χ0n) is 13.9. The van der Waals surface area contributed by atoms with Crippen molar-refractivity contribution in [2.75, 3.05) is 0 Å². The van der Waals surface area contributed by atoms with Crippen LogP contribution in [0, 0.1) is 0 Å². The van der Waals surface area contributed by atoms with Crippen LogP contribution in [0.4, 0.5) is 0 Å². The number of pyridine rings is 1. The number of aromatic carboxylic acids is 1. The molecule has 0 bridgehead atoms. The number of carboxylic acids is 1. The lowest BCUT2D eigenvalue weighted by Crippen LogP contribution is -2.31. The molecule has 0 radical (unpaired) electrons. The Bertz CT molecular complexity index is 1090. The second-order valence-electron chi connectivity index (χ2n) is 5.53. The van der Waals surface area contributed by atoms with Crippen LogP contribution in [-0.4, -0.2) is 30.4 Å². The largest absolute Gasteiger partial charge is 0.477 e. The van der Waals surface area contributed by atoms with Gasteiger partial charge in [-0.25, -0.2) is 22.9 Å². The third-order valence-electron chi connectivity index (χ3n) is 3.73. The van der Waals surface area contributed by atoms with E-state index in [2.05, 4.69) is 4.98 Å². The van der Waals surface area contributed by atoms with Gasteiger partial charge in [0.1, 0.15) is 5.69 Å². The molecule has 1 aromatic heterocycles. The molecular formula is C19H14N2O5S. The number of aromatic nitrogens is 1. The molecule has 3 aromatic rings. The van der Waals surface area contributed by atoms with Gasteiger partial charge in [-0.2, -0.15) is 0 Å². The second kappa shape index (κ2) is 7.38. The Morgan fingerprint density at radius 3 is 2.19 bits per heavy atom. The molecule has 0 aliphatic heterocycles. The van der Waals surface area contributed by atoms with Gasteiger partial charge in [0, 0.05) is 11.8 Å². The fourth-order valence-electron chi connectivity index (χ4n) is 2.45. The maximum absolute atomic E-state index is 12.7. The summed E-state index contributed by atoms with van der Waals surface area (Å²) in [6.45, 7) is 0. The molecule has 0 unspecified atom stereocenters. The van der Waals surface area contributed by atoms with E-state index in [0.29, 0.717) is 11.1 Å². The lowest BCUT2D eigenvalue weighted by molar-refractivity contribution is 0.0689. The van der Waals surface area contributed by atoms with E-state index in [1.807, 2.05) is 10.8 Å². The van der Waals surface area contributed by atoms with Crippen molar-refractivity contribution < 1.29 is 23.1 Å². The van der Waals surface area contributed by atoms with Gasteiger partial charge in [0.15, 0.2) is 0 Å². The Morgan fingerprint density at radius 2 is 1.56 bits per heavy atom. The molecule has 0 saturated heterocycles. The summed E-state index contributed by atoms with van der Waals surface area (Å²) in [5.41, 5.74) is 0.834. The van der Waals surface area contributed by atoms with Crippen molar-refractivity contribution >= 4 is 21.9 Å². The minimum absolute atomic E-state index is 0.0420. The van der Waals surface area contributed by atoms with E-state index in [1.54, 1.807) is 42.5 Å². The predicted molar refractivity (Wildman–Crippen MR) is 97.7 cm³/mol. The van der Waals surface area contributed by atoms with Crippen LogP contribution < -0.4 is 4.72 Å². The summed E-state index contributed by atoms with van der Waals surface area (Å²) in [5.74, 6) is -2.14. The number of benzene rings is 2. The average molecular weight is 382 g/mol. The van der Waals surface area contributed by atoms with E-state index in [4.69, 9.17) is 5.11 Å². The molecule has 0 spiro atoms. The van der Waals surface area contributed by atoms with Crippen LogP contribution in [0.25, 0.3) is 11.1 Å². The summed E-state index contributed by atoms with van der Waals surface area (Å²) < 4.78 is 27.5. The number of carboxylic acid groups (broad SMARTS) is 1. The number of sulfonamides is 1. The van der Waals surface area contributed by atoms with Crippen LogP contribution >= 0.6 is 0 Å². The molecule has 1 amide bonds. The van der Waals surface area contributed by atoms with E-state index in [-0.39, 0.29) is 16.2 Å². The fraction of sp³-hybridized carbons (Fsp3) is 0. The molecule has 0 aliphatic carbocycles. The minimum Gasteiger partial charge on any atom is -0.477 e. The van der Waals surface area contributed by atoms with Crippen LogP contribution in [-0.2, 0) is 10.0 Å². The Balaban J connectivity index is 1.92. The number of nitrogens with one attached hydrogen (secondary N) is 1. The van der Waals surface area contributed by atoms with Gasteiger partial charge in [0.25, 0.3) is 15.9 Å². The zero-order chi connectivity index (χ0) is 19.4. The Hall–Kier alpha value is -3.52. The molecule has 27 heavy (non-hydrogen) atoms. The highest BCUT2D eigenvalue weighted by Crippen LogP contribution is 2.27. The Labute approximate surface area is 155 Å². The Kier molecular flexibility index (Phi) is 5.00. The predicted octanol–water partition coefficient (Wildman–Crippen LogP) is 2.57. The van der Waals surface area contributed by atoms with Gasteiger partial charge < -0.3 is 5.11 Å². The number of amides is 1. The lowest BCUT2D eigenvalue weighted by Gasteiger charge is -2.11. The molecule has 2 aromatic carbocycles. The first kappa shape index (κ1) is 18.3. The summed E-state index contributed by atoms with van der Waals surface area (Å²) in [7, 11) is -4.16. The minimum atomic E-state index is -4.16. The molecule has 1 heterocycles. The highest BCUT2D eigenvalue weighted by molar-refractivity contribution is 7.90. The summed E-state index contributed by atoms with van der Waals surface area (Å²) in [4.78, 5) is 26.7. The summed E-state index contributed by atoms with van der Waals surface area (Å²) in [6, 6.07) is 17.6. The maximum atomic E-state index is 12.7. The van der Waals surface area contributed by atoms with E-state index in [1.165, 1.54) is 12.1 Å². The molecule has 0 fully saturated rings. The number of carbonyl (C=O) groups is 2. The van der Waals surface area contributed by atoms with Crippen molar-refractivity contribution in [3.63, 3.8) is 0 Å². The summed E-state index contributed by atoms with van der Waals surface area (Å²) >= 11 is 0. The second-order valence-corrected chi connectivity index (χ2v) is 7.18. The highest BCUT2D eigenvalue weighted by atomic mass is 32.2. The van der Waals surface area contributed by atoms with Crippen molar-refractivity contribution in [2.45, 2.75) is 4.90 Å². The molecule has 2 N–H and O–H groups in total. The van der Waals surface area contributed by atoms with Gasteiger partial charge >= 0.3 is 5.97 Å². The van der Waals surface area contributed by atoms with Gasteiger partial charge in [-0.3, -0.25) is 4.79 Å². The quantitative estimate of drug-likeness (QED) is 0.701. The van der Waals surface area contributed by atoms with Crippen molar-refractivity contribution in [2.24, 2.45) is 0 Å². The smallest absolute Gasteiger partial charge is 0.354 e. The average Bonchev–Trinajstić information content (AvgIpc) is 2.68. The van der Waals surface area contributed by atoms with Crippen molar-refractivity contribution in [3.05, 3.63) is 84.2 Å². The maximum Gasteiger partial charge on any atom is 0.354 e. The first-order chi connectivity index (χ1) is 12.9. The standard InChI is InChI=1S/C19H14N2O5S/c22-18(14-10-11-16(19(23)24)20-12-14)21-27(25,26)17-9-5-4-8-15(17)13-6-2-1-3-7-13/h1-12H,(H,21,22)(H,23,24). The SMILES string of the molecule is O=C(NS(=O)(=O)c1ccccc1-c1ccccc1)c1ccc(C(=O)O)nc1. The zero-order valence-corrected chi connectivity index (χ0v) is 14.7. The fourth-order valence-corrected chi connectivity index (χ4v) is 3.65. The first-order valence-corrected chi connectivity index (χ1v) is 9.28. The van der Waals surface area contributed by atoms with Crippen LogP contribution in [0.2, 0.25) is 0 Å². The van der Waals surface area contributed by atoms with E-state index >= 15 is 0 Å². The van der Waals surface area contributed by atoms with Crippen LogP contribution in [0.1, 0.15) is 20.8 Å². The molecular weight excluding hydrogens is 368 g/mol. The van der Waals surface area contributed by atoms with Crippen molar-refractivity contribution in [3.8, 4) is 11.1 Å². The molecule has 0 atom stereocenters. The van der Waals surface area contributed by atoms with Gasteiger partial charge in [-0.05, 0) is 23.8 Å². The third-order valence-corrected chi connectivity index (χ3v) is 5.12. The number of rotatable bonds is 5. The normalized spacial score (nSPS) is 11.0. The first-order valence-electron chi connectivity index (χ1n) is 7.79. The van der Waals surface area contributed by atoms with Crippen LogP contribution in [0.5, 0.6) is 0 Å². The van der Waals surface area contributed by atoms with Crippen molar-refractivity contribution in [1.29, 1.82) is 0 Å². The van der Waals surface area contributed by atoms with E-state index in [0.717, 1.165) is 12.3 Å².